The zero-order valence-electron chi connectivity index (χ0n) is 25.2. The minimum Gasteiger partial charge on any atom is -0.491 e. The molecule has 224 valence electrons. The molecule has 1 N–H and O–H groups in total. The van der Waals surface area contributed by atoms with Crippen LogP contribution in [0.25, 0.3) is 0 Å². The second-order valence-electron chi connectivity index (χ2n) is 12.2. The van der Waals surface area contributed by atoms with E-state index < -0.39 is 23.4 Å². The number of carbonyl (C=O) groups is 2. The summed E-state index contributed by atoms with van der Waals surface area (Å²) in [5.74, 6) is 0.591. The molecule has 2 aromatic carbocycles. The summed E-state index contributed by atoms with van der Waals surface area (Å²) in [6.45, 7) is 13.1. The van der Waals surface area contributed by atoms with Crippen LogP contribution in [-0.4, -0.2) is 41.0 Å². The molecule has 1 aromatic heterocycles. The third-order valence-electron chi connectivity index (χ3n) is 6.31. The van der Waals surface area contributed by atoms with Crippen molar-refractivity contribution in [3.05, 3.63) is 83.1 Å². The molecule has 1 unspecified atom stereocenters. The molecule has 2 heterocycles. The van der Waals surface area contributed by atoms with E-state index in [9.17, 15) is 9.59 Å². The third kappa shape index (κ3) is 7.85. The van der Waals surface area contributed by atoms with Gasteiger partial charge in [-0.2, -0.15) is 5.01 Å². The van der Waals surface area contributed by atoms with Crippen LogP contribution < -0.4 is 20.1 Å². The Morgan fingerprint density at radius 1 is 0.952 bits per heavy atom. The van der Waals surface area contributed by atoms with Crippen LogP contribution in [0.2, 0.25) is 5.15 Å². The van der Waals surface area contributed by atoms with Gasteiger partial charge in [-0.15, -0.1) is 0 Å². The molecule has 0 radical (unpaired) electrons. The van der Waals surface area contributed by atoms with E-state index in [0.29, 0.717) is 23.5 Å². The maximum atomic E-state index is 13.5. The van der Waals surface area contributed by atoms with Crippen LogP contribution in [0.15, 0.2) is 66.9 Å². The summed E-state index contributed by atoms with van der Waals surface area (Å²) in [5, 5.41) is 6.47. The number of amides is 2. The van der Waals surface area contributed by atoms with E-state index in [1.807, 2.05) is 97.0 Å². The topological polar surface area (TPSA) is 93.2 Å². The summed E-state index contributed by atoms with van der Waals surface area (Å²) >= 11 is 6.48. The van der Waals surface area contributed by atoms with E-state index in [2.05, 4.69) is 10.3 Å². The van der Waals surface area contributed by atoms with E-state index in [1.54, 1.807) is 23.3 Å². The molecule has 0 saturated heterocycles. The van der Waals surface area contributed by atoms with Crippen LogP contribution in [0.3, 0.4) is 0 Å². The molecule has 9 nitrogen and oxygen atoms in total. The summed E-state index contributed by atoms with van der Waals surface area (Å²) in [6.07, 6.45) is 1.11. The number of fused-ring (bicyclic) bond motifs is 1. The number of alkyl carbamates (subject to hydrolysis) is 1. The first kappa shape index (κ1) is 31.0. The lowest BCUT2D eigenvalue weighted by molar-refractivity contribution is 0.0486. The van der Waals surface area contributed by atoms with Crippen molar-refractivity contribution in [3.63, 3.8) is 0 Å². The van der Waals surface area contributed by atoms with Gasteiger partial charge in [-0.1, -0.05) is 41.9 Å². The standard InChI is InChI=1S/C32H39ClN4O5/c1-21-25-19-24(40-20-23(18-22-12-9-8-10-13-22)35-29(38)41-31(2,3)4)15-16-26(25)37(30(39)42-32(5,6)7)36(21)27-14-11-17-34-28(27)33/h8-17,19,21,23H,18,20H2,1-7H3,(H,35,38)/t21?,23-/m0/s1. The number of ether oxygens (including phenoxy) is 3. The molecule has 3 aromatic rings. The van der Waals surface area contributed by atoms with Gasteiger partial charge in [0.25, 0.3) is 0 Å². The molecule has 2 atom stereocenters. The first-order chi connectivity index (χ1) is 19.7. The van der Waals surface area contributed by atoms with E-state index in [4.69, 9.17) is 25.8 Å². The maximum absolute atomic E-state index is 13.5. The van der Waals surface area contributed by atoms with Gasteiger partial charge >= 0.3 is 12.2 Å². The highest BCUT2D eigenvalue weighted by Crippen LogP contribution is 2.46. The fourth-order valence-electron chi connectivity index (χ4n) is 4.65. The highest BCUT2D eigenvalue weighted by Gasteiger charge is 2.41. The number of benzene rings is 2. The maximum Gasteiger partial charge on any atom is 0.434 e. The molecule has 0 aliphatic carbocycles. The van der Waals surface area contributed by atoms with Gasteiger partial charge in [0.2, 0.25) is 0 Å². The third-order valence-corrected chi connectivity index (χ3v) is 6.60. The van der Waals surface area contributed by atoms with Crippen LogP contribution in [0.5, 0.6) is 5.75 Å². The Morgan fingerprint density at radius 3 is 2.29 bits per heavy atom. The molecule has 1 aliphatic heterocycles. The molecule has 0 fully saturated rings. The lowest BCUT2D eigenvalue weighted by Crippen LogP contribution is -2.46. The number of carbonyl (C=O) groups excluding carboxylic acids is 2. The number of pyridine rings is 1. The Kier molecular flexibility index (Phi) is 9.21. The van der Waals surface area contributed by atoms with Crippen molar-refractivity contribution < 1.29 is 23.8 Å². The molecule has 0 saturated carbocycles. The van der Waals surface area contributed by atoms with Crippen molar-refractivity contribution in [2.45, 2.75) is 78.2 Å². The smallest absolute Gasteiger partial charge is 0.434 e. The summed E-state index contributed by atoms with van der Waals surface area (Å²) in [4.78, 5) is 30.3. The predicted molar refractivity (Wildman–Crippen MR) is 164 cm³/mol. The normalized spacial score (nSPS) is 15.6. The van der Waals surface area contributed by atoms with Crippen molar-refractivity contribution in [2.24, 2.45) is 0 Å². The van der Waals surface area contributed by atoms with Crippen molar-refractivity contribution in [2.75, 3.05) is 16.6 Å². The number of anilines is 2. The highest BCUT2D eigenvalue weighted by atomic mass is 35.5. The molecule has 0 bridgehead atoms. The number of nitrogens with zero attached hydrogens (tertiary/aromatic N) is 3. The summed E-state index contributed by atoms with van der Waals surface area (Å²) in [6, 6.07) is 18.3. The van der Waals surface area contributed by atoms with Gasteiger partial charge in [-0.3, -0.25) is 5.01 Å². The molecule has 1 aliphatic rings. The zero-order chi connectivity index (χ0) is 30.7. The number of halogens is 1. The number of rotatable bonds is 7. The minimum absolute atomic E-state index is 0.204. The van der Waals surface area contributed by atoms with Gasteiger partial charge < -0.3 is 19.5 Å². The van der Waals surface area contributed by atoms with Crippen LogP contribution in [0.1, 0.15) is 65.6 Å². The van der Waals surface area contributed by atoms with Gasteiger partial charge in [0.05, 0.1) is 23.5 Å². The fraction of sp³-hybridized carbons (Fsp3) is 0.406. The minimum atomic E-state index is -0.703. The lowest BCUT2D eigenvalue weighted by Gasteiger charge is -2.34. The predicted octanol–water partition coefficient (Wildman–Crippen LogP) is 7.49. The Hall–Kier alpha value is -3.98. The molecule has 4 rings (SSSR count). The number of hydrogen-bond acceptors (Lipinski definition) is 7. The SMILES string of the molecule is CC1c2cc(OC[C@H](Cc3ccccc3)NC(=O)OC(C)(C)C)ccc2N(C(=O)OC(C)(C)C)N1c1cccnc1Cl. The van der Waals surface area contributed by atoms with E-state index >= 15 is 0 Å². The van der Waals surface area contributed by atoms with Crippen LogP contribution in [0, 0.1) is 0 Å². The first-order valence-electron chi connectivity index (χ1n) is 13.9. The average molecular weight is 595 g/mol. The molecule has 10 heteroatoms. The average Bonchev–Trinajstić information content (AvgIpc) is 3.18. The Balaban J connectivity index is 1.59. The zero-order valence-corrected chi connectivity index (χ0v) is 25.9. The quantitative estimate of drug-likeness (QED) is 0.283. The number of hydrazine groups is 1. The van der Waals surface area contributed by atoms with E-state index in [0.717, 1.165) is 11.1 Å². The summed E-state index contributed by atoms with van der Waals surface area (Å²) in [7, 11) is 0. The monoisotopic (exact) mass is 594 g/mol. The lowest BCUT2D eigenvalue weighted by atomic mass is 10.1. The molecular weight excluding hydrogens is 556 g/mol. The molecular formula is C32H39ClN4O5. The fourth-order valence-corrected chi connectivity index (χ4v) is 4.85. The number of aromatic nitrogens is 1. The largest absolute Gasteiger partial charge is 0.491 e. The van der Waals surface area contributed by atoms with E-state index in [1.165, 1.54) is 5.01 Å². The number of hydrogen-bond donors (Lipinski definition) is 1. The van der Waals surface area contributed by atoms with Crippen molar-refractivity contribution >= 4 is 35.2 Å². The number of nitrogens with one attached hydrogen (secondary N) is 1. The van der Waals surface area contributed by atoms with Gasteiger partial charge in [-0.25, -0.2) is 14.6 Å². The van der Waals surface area contributed by atoms with Crippen molar-refractivity contribution in [3.8, 4) is 5.75 Å². The van der Waals surface area contributed by atoms with Crippen LogP contribution in [-0.2, 0) is 15.9 Å². The molecule has 42 heavy (non-hydrogen) atoms. The Morgan fingerprint density at radius 2 is 1.64 bits per heavy atom. The Labute approximate surface area is 252 Å². The van der Waals surface area contributed by atoms with Gasteiger partial charge in [0.15, 0.2) is 5.15 Å². The first-order valence-corrected chi connectivity index (χ1v) is 14.3. The van der Waals surface area contributed by atoms with Gasteiger partial charge in [0, 0.05) is 11.8 Å². The summed E-state index contributed by atoms with van der Waals surface area (Å²) < 4.78 is 17.5. The molecule has 0 spiro atoms. The highest BCUT2D eigenvalue weighted by molar-refractivity contribution is 6.32. The van der Waals surface area contributed by atoms with E-state index in [-0.39, 0.29) is 23.8 Å². The second kappa shape index (κ2) is 12.5. The Bertz CT molecular complexity index is 1400. The van der Waals surface area contributed by atoms with Crippen LogP contribution >= 0.6 is 11.6 Å². The van der Waals surface area contributed by atoms with Gasteiger partial charge in [0.1, 0.15) is 23.6 Å². The second-order valence-corrected chi connectivity index (χ2v) is 12.5. The van der Waals surface area contributed by atoms with Crippen molar-refractivity contribution in [1.82, 2.24) is 10.3 Å². The van der Waals surface area contributed by atoms with Gasteiger partial charge in [-0.05, 0) is 90.8 Å². The van der Waals surface area contributed by atoms with Crippen molar-refractivity contribution in [1.29, 1.82) is 0 Å². The van der Waals surface area contributed by atoms with Crippen LogP contribution in [0.4, 0.5) is 21.0 Å². The molecule has 2 amide bonds. The summed E-state index contributed by atoms with van der Waals surface area (Å²) in [5.41, 5.74) is 1.80.